The highest BCUT2D eigenvalue weighted by molar-refractivity contribution is 8.00. The molecule has 0 heterocycles. The fraction of sp³-hybridized carbons (Fsp3) is 0.121. The van der Waals surface area contributed by atoms with Gasteiger partial charge in [0.05, 0.1) is 16.5 Å². The van der Waals surface area contributed by atoms with Crippen molar-refractivity contribution in [2.24, 2.45) is 0 Å². The maximum Gasteiger partial charge on any atom is 0.418 e. The number of hydrogen-bond donors (Lipinski definition) is 3. The summed E-state index contributed by atoms with van der Waals surface area (Å²) in [5, 5.41) is 6.78. The van der Waals surface area contributed by atoms with Gasteiger partial charge in [-0.15, -0.1) is 11.8 Å². The van der Waals surface area contributed by atoms with Gasteiger partial charge in [0, 0.05) is 21.2 Å². The molecule has 4 rings (SSSR count). The number of carbonyl (C=O) groups is 3. The maximum absolute atomic E-state index is 13.5. The molecule has 0 radical (unpaired) electrons. The van der Waals surface area contributed by atoms with E-state index in [0.717, 1.165) is 23.9 Å². The van der Waals surface area contributed by atoms with E-state index in [1.165, 1.54) is 36.4 Å². The van der Waals surface area contributed by atoms with Gasteiger partial charge in [-0.2, -0.15) is 13.2 Å². The fourth-order valence-corrected chi connectivity index (χ4v) is 5.26. The first-order chi connectivity index (χ1) is 21.4. The molecule has 0 aliphatic heterocycles. The monoisotopic (exact) mass is 655 g/mol. The number of benzene rings is 4. The molecule has 1 unspecified atom stereocenters. The normalized spacial score (nSPS) is 12.3. The lowest BCUT2D eigenvalue weighted by atomic mass is 10.1. The van der Waals surface area contributed by atoms with Crippen molar-refractivity contribution < 1.29 is 31.9 Å². The Balaban J connectivity index is 1.51. The minimum Gasteiger partial charge on any atom is -0.325 e. The molecular weight excluding hydrogens is 630 g/mol. The van der Waals surface area contributed by atoms with E-state index in [9.17, 15) is 31.9 Å². The first-order valence-electron chi connectivity index (χ1n) is 13.5. The van der Waals surface area contributed by atoms with E-state index in [-0.39, 0.29) is 17.1 Å². The summed E-state index contributed by atoms with van der Waals surface area (Å²) in [6, 6.07) is 23.2. The van der Waals surface area contributed by atoms with E-state index in [0.29, 0.717) is 21.7 Å². The van der Waals surface area contributed by atoms with Crippen LogP contribution in [0.25, 0.3) is 6.08 Å². The Kier molecular flexibility index (Phi) is 11.0. The van der Waals surface area contributed by atoms with Crippen molar-refractivity contribution in [3.8, 4) is 0 Å². The number of carbonyl (C=O) groups excluding carboxylic acids is 3. The van der Waals surface area contributed by atoms with Crippen molar-refractivity contribution in [3.05, 3.63) is 130 Å². The third kappa shape index (κ3) is 9.44. The second-order valence-electron chi connectivity index (χ2n) is 9.60. The summed E-state index contributed by atoms with van der Waals surface area (Å²) < 4.78 is 54.0. The molecule has 0 saturated carbocycles. The van der Waals surface area contributed by atoms with Crippen molar-refractivity contribution in [2.75, 3.05) is 10.6 Å². The zero-order chi connectivity index (χ0) is 32.6. The van der Waals surface area contributed by atoms with Crippen LogP contribution in [-0.2, 0) is 15.8 Å². The lowest BCUT2D eigenvalue weighted by molar-refractivity contribution is -0.137. The average Bonchev–Trinajstić information content (AvgIpc) is 3.01. The van der Waals surface area contributed by atoms with Gasteiger partial charge in [-0.1, -0.05) is 54.9 Å². The topological polar surface area (TPSA) is 87.3 Å². The van der Waals surface area contributed by atoms with Crippen LogP contribution in [0.15, 0.2) is 108 Å². The number of anilines is 2. The van der Waals surface area contributed by atoms with Crippen LogP contribution in [0.3, 0.4) is 0 Å². The minimum atomic E-state index is -4.72. The van der Waals surface area contributed by atoms with Gasteiger partial charge < -0.3 is 16.0 Å². The molecule has 4 aromatic rings. The van der Waals surface area contributed by atoms with Gasteiger partial charge in [-0.05, 0) is 78.7 Å². The first-order valence-corrected chi connectivity index (χ1v) is 14.8. The largest absolute Gasteiger partial charge is 0.418 e. The second kappa shape index (κ2) is 14.9. The summed E-state index contributed by atoms with van der Waals surface area (Å²) in [6.45, 7) is 1.72. The Hall–Kier alpha value is -4.61. The summed E-state index contributed by atoms with van der Waals surface area (Å²) in [4.78, 5) is 39.8. The van der Waals surface area contributed by atoms with Crippen LogP contribution in [0.4, 0.5) is 28.9 Å². The predicted octanol–water partition coefficient (Wildman–Crippen LogP) is 8.42. The van der Waals surface area contributed by atoms with E-state index in [1.54, 1.807) is 61.5 Å². The molecule has 0 bridgehead atoms. The van der Waals surface area contributed by atoms with Gasteiger partial charge in [0.2, 0.25) is 5.91 Å². The molecule has 0 aliphatic rings. The smallest absolute Gasteiger partial charge is 0.325 e. The Morgan fingerprint density at radius 3 is 2.27 bits per heavy atom. The molecule has 0 fully saturated rings. The third-order valence-corrected chi connectivity index (χ3v) is 7.88. The Morgan fingerprint density at radius 2 is 1.60 bits per heavy atom. The van der Waals surface area contributed by atoms with Crippen LogP contribution in [0, 0.1) is 5.82 Å². The summed E-state index contributed by atoms with van der Waals surface area (Å²) >= 11 is 6.84. The van der Waals surface area contributed by atoms with Crippen LogP contribution < -0.4 is 16.0 Å². The maximum atomic E-state index is 13.5. The van der Waals surface area contributed by atoms with Crippen molar-refractivity contribution in [3.63, 3.8) is 0 Å². The molecule has 0 saturated heterocycles. The van der Waals surface area contributed by atoms with Crippen LogP contribution in [0.1, 0.15) is 34.8 Å². The van der Waals surface area contributed by atoms with Gasteiger partial charge in [0.15, 0.2) is 0 Å². The Morgan fingerprint density at radius 1 is 0.889 bits per heavy atom. The zero-order valence-corrected chi connectivity index (χ0v) is 25.2. The van der Waals surface area contributed by atoms with Crippen LogP contribution >= 0.6 is 23.4 Å². The SMILES string of the molecule is CCC(Sc1cccc(NC(=O)/C(=C/c2ccc(F)cc2)NC(=O)c2ccccc2)c1)C(=O)Nc1ccc(Cl)cc1C(F)(F)F. The third-order valence-electron chi connectivity index (χ3n) is 6.29. The minimum absolute atomic E-state index is 0.109. The summed E-state index contributed by atoms with van der Waals surface area (Å²) in [5.74, 6) is -2.31. The van der Waals surface area contributed by atoms with Gasteiger partial charge in [-0.25, -0.2) is 4.39 Å². The first kappa shape index (κ1) is 33.3. The van der Waals surface area contributed by atoms with Gasteiger partial charge >= 0.3 is 6.18 Å². The molecule has 0 aliphatic carbocycles. The van der Waals surface area contributed by atoms with Crippen LogP contribution in [-0.4, -0.2) is 23.0 Å². The van der Waals surface area contributed by atoms with Gasteiger partial charge in [0.1, 0.15) is 11.5 Å². The summed E-state index contributed by atoms with van der Waals surface area (Å²) in [7, 11) is 0. The number of alkyl halides is 3. The molecule has 12 heteroatoms. The quantitative estimate of drug-likeness (QED) is 0.0910. The fourth-order valence-electron chi connectivity index (χ4n) is 4.07. The summed E-state index contributed by atoms with van der Waals surface area (Å²) in [5.41, 5.74) is -0.463. The molecule has 232 valence electrons. The number of thioether (sulfide) groups is 1. The molecular formula is C33H26ClF4N3O3S. The van der Waals surface area contributed by atoms with Gasteiger partial charge in [0.25, 0.3) is 11.8 Å². The van der Waals surface area contributed by atoms with Crippen molar-refractivity contribution >= 4 is 58.5 Å². The molecule has 1 atom stereocenters. The molecule has 6 nitrogen and oxygen atoms in total. The zero-order valence-electron chi connectivity index (χ0n) is 23.6. The predicted molar refractivity (Wildman–Crippen MR) is 168 cm³/mol. The molecule has 4 aromatic carbocycles. The highest BCUT2D eigenvalue weighted by atomic mass is 35.5. The van der Waals surface area contributed by atoms with Crippen LogP contribution in [0.2, 0.25) is 5.02 Å². The molecule has 3 amide bonds. The molecule has 0 spiro atoms. The number of halogens is 5. The number of nitrogens with one attached hydrogen (secondary N) is 3. The Bertz CT molecular complexity index is 1710. The Labute approximate surface area is 265 Å². The van der Waals surface area contributed by atoms with Crippen LogP contribution in [0.5, 0.6) is 0 Å². The van der Waals surface area contributed by atoms with Gasteiger partial charge in [-0.3, -0.25) is 14.4 Å². The second-order valence-corrected chi connectivity index (χ2v) is 11.3. The van der Waals surface area contributed by atoms with E-state index < -0.39 is 46.2 Å². The van der Waals surface area contributed by atoms with E-state index in [1.807, 2.05) is 0 Å². The lowest BCUT2D eigenvalue weighted by Crippen LogP contribution is -2.30. The van der Waals surface area contributed by atoms with Crippen molar-refractivity contribution in [1.29, 1.82) is 0 Å². The lowest BCUT2D eigenvalue weighted by Gasteiger charge is -2.18. The highest BCUT2D eigenvalue weighted by Gasteiger charge is 2.34. The molecule has 45 heavy (non-hydrogen) atoms. The van der Waals surface area contributed by atoms with E-state index in [4.69, 9.17) is 11.6 Å². The number of amides is 3. The highest BCUT2D eigenvalue weighted by Crippen LogP contribution is 2.37. The van der Waals surface area contributed by atoms with Crippen molar-refractivity contribution in [1.82, 2.24) is 5.32 Å². The number of hydrogen-bond acceptors (Lipinski definition) is 4. The standard InChI is InChI=1S/C33H26ClF4N3O3S/c1-2-29(32(44)40-27-16-13-22(34)18-26(27)33(36,37)38)45-25-10-6-9-24(19-25)39-31(43)28(17-20-11-14-23(35)15-12-20)41-30(42)21-7-4-3-5-8-21/h3-19,29H,2H2,1H3,(H,39,43)(H,40,44)(H,41,42)/b28-17-. The molecule has 0 aromatic heterocycles. The van der Waals surface area contributed by atoms with E-state index >= 15 is 0 Å². The van der Waals surface area contributed by atoms with E-state index in [2.05, 4.69) is 16.0 Å². The average molecular weight is 656 g/mol. The molecule has 3 N–H and O–H groups in total. The summed E-state index contributed by atoms with van der Waals surface area (Å²) in [6.07, 6.45) is -3.03. The van der Waals surface area contributed by atoms with Crippen molar-refractivity contribution in [2.45, 2.75) is 29.7 Å². The number of rotatable bonds is 10.